The van der Waals surface area contributed by atoms with Crippen molar-refractivity contribution < 1.29 is 9.59 Å². The molecular formula is C19H14N4O2. The number of aromatic amines is 1. The Hall–Kier alpha value is -3.67. The van der Waals surface area contributed by atoms with Gasteiger partial charge in [0.05, 0.1) is 17.4 Å². The molecule has 2 heterocycles. The highest BCUT2D eigenvalue weighted by Crippen LogP contribution is 2.18. The van der Waals surface area contributed by atoms with Gasteiger partial charge in [0.2, 0.25) is 0 Å². The van der Waals surface area contributed by atoms with Crippen molar-refractivity contribution in [3.8, 4) is 5.69 Å². The lowest BCUT2D eigenvalue weighted by molar-refractivity contribution is 0.102. The molecule has 0 bridgehead atoms. The van der Waals surface area contributed by atoms with Gasteiger partial charge in [0, 0.05) is 29.3 Å². The largest absolute Gasteiger partial charge is 0.345 e. The Morgan fingerprint density at radius 2 is 1.96 bits per heavy atom. The van der Waals surface area contributed by atoms with Crippen molar-refractivity contribution in [2.75, 3.05) is 5.32 Å². The molecule has 0 aliphatic rings. The third-order valence-corrected chi connectivity index (χ3v) is 3.97. The Morgan fingerprint density at radius 1 is 1.12 bits per heavy atom. The van der Waals surface area contributed by atoms with Crippen LogP contribution in [0.3, 0.4) is 0 Å². The van der Waals surface area contributed by atoms with E-state index < -0.39 is 0 Å². The van der Waals surface area contributed by atoms with Crippen LogP contribution in [0, 0.1) is 0 Å². The number of carbonyl (C=O) groups excluding carboxylic acids is 2. The maximum atomic E-state index is 12.5. The number of nitrogens with one attached hydrogen (secondary N) is 2. The van der Waals surface area contributed by atoms with Gasteiger partial charge in [0.15, 0.2) is 6.29 Å². The highest BCUT2D eigenvalue weighted by molar-refractivity contribution is 6.11. The van der Waals surface area contributed by atoms with E-state index >= 15 is 0 Å². The summed E-state index contributed by atoms with van der Waals surface area (Å²) >= 11 is 0. The van der Waals surface area contributed by atoms with Crippen molar-refractivity contribution in [2.24, 2.45) is 0 Å². The molecular weight excluding hydrogens is 316 g/mol. The second-order valence-electron chi connectivity index (χ2n) is 5.58. The number of aromatic nitrogens is 3. The van der Waals surface area contributed by atoms with E-state index in [0.717, 1.165) is 17.5 Å². The third kappa shape index (κ3) is 2.81. The molecule has 0 unspecified atom stereocenters. The molecule has 25 heavy (non-hydrogen) atoms. The van der Waals surface area contributed by atoms with Crippen LogP contribution in [-0.2, 0) is 0 Å². The molecule has 0 aliphatic carbocycles. The van der Waals surface area contributed by atoms with Gasteiger partial charge in [-0.15, -0.1) is 0 Å². The number of aldehydes is 1. The van der Waals surface area contributed by atoms with E-state index in [1.807, 2.05) is 47.2 Å². The predicted molar refractivity (Wildman–Crippen MR) is 95.2 cm³/mol. The maximum absolute atomic E-state index is 12.5. The average molecular weight is 330 g/mol. The summed E-state index contributed by atoms with van der Waals surface area (Å²) in [6.45, 7) is 0. The fourth-order valence-corrected chi connectivity index (χ4v) is 2.71. The molecule has 6 heteroatoms. The fourth-order valence-electron chi connectivity index (χ4n) is 2.71. The first-order valence-electron chi connectivity index (χ1n) is 7.72. The highest BCUT2D eigenvalue weighted by atomic mass is 16.1. The van der Waals surface area contributed by atoms with Gasteiger partial charge in [0.1, 0.15) is 5.52 Å². The molecule has 0 saturated heterocycles. The summed E-state index contributed by atoms with van der Waals surface area (Å²) in [4.78, 5) is 30.5. The number of amides is 1. The van der Waals surface area contributed by atoms with Crippen LogP contribution in [-0.4, -0.2) is 26.7 Å². The van der Waals surface area contributed by atoms with Gasteiger partial charge >= 0.3 is 0 Å². The summed E-state index contributed by atoms with van der Waals surface area (Å²) in [5.74, 6) is -0.213. The molecule has 0 spiro atoms. The number of hydrogen-bond donors (Lipinski definition) is 2. The van der Waals surface area contributed by atoms with Gasteiger partial charge in [-0.05, 0) is 42.5 Å². The van der Waals surface area contributed by atoms with Crippen molar-refractivity contribution in [3.05, 3.63) is 78.4 Å². The van der Waals surface area contributed by atoms with Gasteiger partial charge < -0.3 is 14.9 Å². The summed E-state index contributed by atoms with van der Waals surface area (Å²) in [7, 11) is 0. The minimum atomic E-state index is -0.213. The summed E-state index contributed by atoms with van der Waals surface area (Å²) < 4.78 is 1.85. The van der Waals surface area contributed by atoms with Crippen molar-refractivity contribution in [1.29, 1.82) is 0 Å². The van der Waals surface area contributed by atoms with Crippen LogP contribution >= 0.6 is 0 Å². The van der Waals surface area contributed by atoms with Gasteiger partial charge in [-0.2, -0.15) is 0 Å². The van der Waals surface area contributed by atoms with Crippen molar-refractivity contribution in [3.63, 3.8) is 0 Å². The summed E-state index contributed by atoms with van der Waals surface area (Å²) in [5, 5.41) is 2.88. The van der Waals surface area contributed by atoms with Crippen LogP contribution in [0.4, 0.5) is 5.69 Å². The number of rotatable bonds is 4. The predicted octanol–water partition coefficient (Wildman–Crippen LogP) is 3.42. The lowest BCUT2D eigenvalue weighted by Gasteiger charge is -2.08. The van der Waals surface area contributed by atoms with Gasteiger partial charge in [-0.1, -0.05) is 6.07 Å². The second kappa shape index (κ2) is 6.09. The molecule has 2 N–H and O–H groups in total. The third-order valence-electron chi connectivity index (χ3n) is 3.97. The van der Waals surface area contributed by atoms with Crippen molar-refractivity contribution in [1.82, 2.24) is 14.5 Å². The zero-order chi connectivity index (χ0) is 17.2. The normalized spacial score (nSPS) is 10.7. The minimum Gasteiger partial charge on any atom is -0.345 e. The second-order valence-corrected chi connectivity index (χ2v) is 5.58. The smallest absolute Gasteiger partial charge is 0.257 e. The lowest BCUT2D eigenvalue weighted by Crippen LogP contribution is -2.12. The maximum Gasteiger partial charge on any atom is 0.257 e. The van der Waals surface area contributed by atoms with Crippen LogP contribution in [0.25, 0.3) is 16.7 Å². The van der Waals surface area contributed by atoms with Gasteiger partial charge in [0.25, 0.3) is 5.91 Å². The zero-order valence-corrected chi connectivity index (χ0v) is 13.1. The number of nitrogens with zero attached hydrogens (tertiary/aromatic N) is 2. The quantitative estimate of drug-likeness (QED) is 0.563. The molecule has 0 saturated carbocycles. The molecule has 0 atom stereocenters. The Morgan fingerprint density at radius 3 is 2.72 bits per heavy atom. The number of anilines is 1. The minimum absolute atomic E-state index is 0.213. The molecule has 6 nitrogen and oxygen atoms in total. The van der Waals surface area contributed by atoms with E-state index in [4.69, 9.17) is 0 Å². The molecule has 2 aromatic heterocycles. The summed E-state index contributed by atoms with van der Waals surface area (Å²) in [6, 6.07) is 14.6. The SMILES string of the molecule is O=Cc1ccn(-c2ccc(NC(=O)c3cccc4[nH]cnc34)cc2)c1. The topological polar surface area (TPSA) is 79.8 Å². The molecule has 2 aromatic carbocycles. The highest BCUT2D eigenvalue weighted by Gasteiger charge is 2.12. The van der Waals surface area contributed by atoms with Crippen molar-refractivity contribution in [2.45, 2.75) is 0 Å². The van der Waals surface area contributed by atoms with E-state index in [1.54, 1.807) is 24.7 Å². The molecule has 0 fully saturated rings. The van der Waals surface area contributed by atoms with E-state index in [-0.39, 0.29) is 5.91 Å². The average Bonchev–Trinajstić information content (AvgIpc) is 3.31. The molecule has 0 aliphatic heterocycles. The van der Waals surface area contributed by atoms with Crippen LogP contribution < -0.4 is 5.32 Å². The van der Waals surface area contributed by atoms with Gasteiger partial charge in [-0.25, -0.2) is 4.98 Å². The first kappa shape index (κ1) is 14.9. The van der Waals surface area contributed by atoms with Crippen LogP contribution in [0.5, 0.6) is 0 Å². The molecule has 0 radical (unpaired) electrons. The summed E-state index contributed by atoms with van der Waals surface area (Å²) in [5.41, 5.74) is 4.19. The van der Waals surface area contributed by atoms with Crippen LogP contribution in [0.2, 0.25) is 0 Å². The Labute approximate surface area is 143 Å². The van der Waals surface area contributed by atoms with Gasteiger partial charge in [-0.3, -0.25) is 9.59 Å². The monoisotopic (exact) mass is 330 g/mol. The summed E-state index contributed by atoms with van der Waals surface area (Å²) in [6.07, 6.45) is 5.94. The number of imidazole rings is 1. The lowest BCUT2D eigenvalue weighted by atomic mass is 10.1. The molecule has 4 aromatic rings. The first-order valence-corrected chi connectivity index (χ1v) is 7.72. The number of H-pyrrole nitrogens is 1. The fraction of sp³-hybridized carbons (Fsp3) is 0. The zero-order valence-electron chi connectivity index (χ0n) is 13.1. The number of carbonyl (C=O) groups is 2. The number of benzene rings is 2. The van der Waals surface area contributed by atoms with E-state index in [2.05, 4.69) is 15.3 Å². The van der Waals surface area contributed by atoms with E-state index in [1.165, 1.54) is 0 Å². The number of fused-ring (bicyclic) bond motifs is 1. The van der Waals surface area contributed by atoms with Crippen LogP contribution in [0.1, 0.15) is 20.7 Å². The van der Waals surface area contributed by atoms with Crippen LogP contribution in [0.15, 0.2) is 67.3 Å². The Kier molecular flexibility index (Phi) is 3.63. The standard InChI is InChI=1S/C19H14N4O2/c24-11-13-8-9-23(10-13)15-6-4-14(5-7-15)22-19(25)16-2-1-3-17-18(16)21-12-20-17/h1-12H,(H,20,21)(H,22,25). The number of hydrogen-bond acceptors (Lipinski definition) is 3. The van der Waals surface area contributed by atoms with E-state index in [9.17, 15) is 9.59 Å². The molecule has 122 valence electrons. The Bertz CT molecular complexity index is 1060. The Balaban J connectivity index is 1.55. The molecule has 4 rings (SSSR count). The van der Waals surface area contributed by atoms with Crippen molar-refractivity contribution >= 4 is 28.9 Å². The van der Waals surface area contributed by atoms with E-state index in [0.29, 0.717) is 22.3 Å². The number of para-hydroxylation sites is 1. The first-order chi connectivity index (χ1) is 12.2. The molecule has 1 amide bonds.